The van der Waals surface area contributed by atoms with Crippen LogP contribution >= 0.6 is 23.5 Å². The lowest BCUT2D eigenvalue weighted by Crippen LogP contribution is -2.41. The molecule has 0 saturated carbocycles. The summed E-state index contributed by atoms with van der Waals surface area (Å²) in [7, 11) is 1.34. The predicted octanol–water partition coefficient (Wildman–Crippen LogP) is 5.97. The summed E-state index contributed by atoms with van der Waals surface area (Å²) in [6.45, 7) is 13.5. The first-order valence-corrected chi connectivity index (χ1v) is 12.7. The number of esters is 1. The predicted molar refractivity (Wildman–Crippen MR) is 136 cm³/mol. The Labute approximate surface area is 197 Å². The van der Waals surface area contributed by atoms with Gasteiger partial charge in [0.05, 0.1) is 7.11 Å². The van der Waals surface area contributed by atoms with E-state index in [1.165, 1.54) is 7.11 Å². The lowest BCUT2D eigenvalue weighted by Gasteiger charge is -2.25. The molecule has 174 valence electrons. The largest absolute Gasteiger partial charge is 0.467 e. The van der Waals surface area contributed by atoms with Crippen LogP contribution < -0.4 is 5.32 Å². The lowest BCUT2D eigenvalue weighted by atomic mass is 10.1. The van der Waals surface area contributed by atoms with E-state index in [4.69, 9.17) is 4.74 Å². The first-order chi connectivity index (χ1) is 14.4. The number of methoxy groups -OCH3 is 1. The Morgan fingerprint density at radius 3 is 1.94 bits per heavy atom. The monoisotopic (exact) mass is 465 g/mol. The third kappa shape index (κ3) is 12.9. The van der Waals surface area contributed by atoms with Gasteiger partial charge in [-0.1, -0.05) is 71.9 Å². The average Bonchev–Trinajstić information content (AvgIpc) is 2.70. The van der Waals surface area contributed by atoms with Crippen molar-refractivity contribution < 1.29 is 14.3 Å². The first-order valence-electron chi connectivity index (χ1n) is 10.8. The van der Waals surface area contributed by atoms with E-state index in [1.54, 1.807) is 24.3 Å². The van der Waals surface area contributed by atoms with Gasteiger partial charge in [0, 0.05) is 15.1 Å². The number of thioether (sulfide) groups is 2. The number of carbonyl (C=O) groups is 2. The highest BCUT2D eigenvalue weighted by molar-refractivity contribution is 8.01. The molecule has 4 nitrogen and oxygen atoms in total. The molecule has 0 spiro atoms. The highest BCUT2D eigenvalue weighted by atomic mass is 32.2. The van der Waals surface area contributed by atoms with E-state index in [2.05, 4.69) is 52.9 Å². The van der Waals surface area contributed by atoms with Gasteiger partial charge in [0.15, 0.2) is 0 Å². The fraction of sp³-hybridized carbons (Fsp3) is 0.600. The Balaban J connectivity index is 2.69. The molecule has 1 unspecified atom stereocenters. The Kier molecular flexibility index (Phi) is 11.8. The van der Waals surface area contributed by atoms with E-state index in [0.29, 0.717) is 17.9 Å². The SMILES string of the molecule is COC(=O)C(CC=CCC(CSC(C)(C)C)CSC(C)(C)C)NC(=O)c1ccccc1. The highest BCUT2D eigenvalue weighted by Gasteiger charge is 2.21. The number of benzene rings is 1. The molecule has 1 rings (SSSR count). The maximum atomic E-state index is 12.4. The maximum absolute atomic E-state index is 12.4. The smallest absolute Gasteiger partial charge is 0.328 e. The van der Waals surface area contributed by atoms with Crippen LogP contribution in [0.15, 0.2) is 42.5 Å². The Bertz CT molecular complexity index is 688. The first kappa shape index (κ1) is 27.6. The van der Waals surface area contributed by atoms with Crippen molar-refractivity contribution in [3.05, 3.63) is 48.0 Å². The van der Waals surface area contributed by atoms with Gasteiger partial charge < -0.3 is 10.1 Å². The van der Waals surface area contributed by atoms with Gasteiger partial charge >= 0.3 is 5.97 Å². The molecule has 0 heterocycles. The molecule has 0 aliphatic heterocycles. The molecule has 1 aromatic rings. The van der Waals surface area contributed by atoms with Crippen LogP contribution in [0.4, 0.5) is 0 Å². The second-order valence-corrected chi connectivity index (χ2v) is 13.3. The molecule has 1 atom stereocenters. The number of allylic oxidation sites excluding steroid dienone is 1. The minimum atomic E-state index is -0.694. The van der Waals surface area contributed by atoms with Crippen molar-refractivity contribution in [1.82, 2.24) is 5.32 Å². The summed E-state index contributed by atoms with van der Waals surface area (Å²) in [5, 5.41) is 2.79. The van der Waals surface area contributed by atoms with Gasteiger partial charge in [-0.25, -0.2) is 4.79 Å². The summed E-state index contributed by atoms with van der Waals surface area (Å²) in [6.07, 6.45) is 5.49. The third-order valence-corrected chi connectivity index (χ3v) is 7.35. The summed E-state index contributed by atoms with van der Waals surface area (Å²) in [4.78, 5) is 24.6. The van der Waals surface area contributed by atoms with Crippen molar-refractivity contribution in [2.45, 2.75) is 69.9 Å². The molecule has 1 amide bonds. The van der Waals surface area contributed by atoms with E-state index in [1.807, 2.05) is 35.7 Å². The standard InChI is InChI=1S/C25H39NO3S2/c1-24(2,3)30-17-19(18-31-25(4,5)6)13-11-12-16-21(23(28)29-7)26-22(27)20-14-9-8-10-15-20/h8-12,14-15,19,21H,13,16-18H2,1-7H3,(H,26,27). The van der Waals surface area contributed by atoms with Crippen molar-refractivity contribution >= 4 is 35.4 Å². The minimum Gasteiger partial charge on any atom is -0.467 e. The molecule has 0 aliphatic carbocycles. The van der Waals surface area contributed by atoms with Crippen LogP contribution in [0, 0.1) is 5.92 Å². The summed E-state index contributed by atoms with van der Waals surface area (Å²) in [5.74, 6) is 2.05. The number of rotatable bonds is 11. The van der Waals surface area contributed by atoms with Crippen molar-refractivity contribution in [2.75, 3.05) is 18.6 Å². The van der Waals surface area contributed by atoms with E-state index >= 15 is 0 Å². The van der Waals surface area contributed by atoms with Gasteiger partial charge in [-0.15, -0.1) is 0 Å². The topological polar surface area (TPSA) is 55.4 Å². The van der Waals surface area contributed by atoms with Crippen LogP contribution in [0.5, 0.6) is 0 Å². The molecular formula is C25H39NO3S2. The highest BCUT2D eigenvalue weighted by Crippen LogP contribution is 2.31. The van der Waals surface area contributed by atoms with E-state index in [0.717, 1.165) is 17.9 Å². The van der Waals surface area contributed by atoms with Gasteiger partial charge in [-0.05, 0) is 42.4 Å². The fourth-order valence-electron chi connectivity index (χ4n) is 2.63. The zero-order valence-corrected chi connectivity index (χ0v) is 21.7. The number of hydrogen-bond acceptors (Lipinski definition) is 5. The van der Waals surface area contributed by atoms with Gasteiger partial charge in [-0.2, -0.15) is 23.5 Å². The molecule has 1 aromatic carbocycles. The van der Waals surface area contributed by atoms with E-state index in [-0.39, 0.29) is 15.4 Å². The number of nitrogens with one attached hydrogen (secondary N) is 1. The van der Waals surface area contributed by atoms with Crippen LogP contribution in [-0.4, -0.2) is 46.0 Å². The summed E-state index contributed by atoms with van der Waals surface area (Å²) >= 11 is 3.99. The van der Waals surface area contributed by atoms with Crippen molar-refractivity contribution in [3.63, 3.8) is 0 Å². The summed E-state index contributed by atoms with van der Waals surface area (Å²) in [5.41, 5.74) is 0.527. The molecular weight excluding hydrogens is 426 g/mol. The van der Waals surface area contributed by atoms with Crippen LogP contribution in [0.2, 0.25) is 0 Å². The van der Waals surface area contributed by atoms with Gasteiger partial charge in [0.2, 0.25) is 0 Å². The van der Waals surface area contributed by atoms with E-state index in [9.17, 15) is 9.59 Å². The van der Waals surface area contributed by atoms with Gasteiger partial charge in [0.25, 0.3) is 5.91 Å². The fourth-order valence-corrected chi connectivity index (χ4v) is 4.76. The molecule has 0 saturated heterocycles. The van der Waals surface area contributed by atoms with Crippen molar-refractivity contribution in [1.29, 1.82) is 0 Å². The summed E-state index contributed by atoms with van der Waals surface area (Å²) < 4.78 is 5.37. The number of ether oxygens (including phenoxy) is 1. The lowest BCUT2D eigenvalue weighted by molar-refractivity contribution is -0.142. The molecule has 0 aliphatic rings. The Hall–Kier alpha value is -1.40. The number of carbonyl (C=O) groups excluding carboxylic acids is 2. The molecule has 0 bridgehead atoms. The third-order valence-electron chi connectivity index (χ3n) is 4.34. The zero-order valence-electron chi connectivity index (χ0n) is 20.1. The number of amides is 1. The van der Waals surface area contributed by atoms with E-state index < -0.39 is 12.0 Å². The Morgan fingerprint density at radius 2 is 1.45 bits per heavy atom. The summed E-state index contributed by atoms with van der Waals surface area (Å²) in [6, 6.07) is 8.21. The molecule has 31 heavy (non-hydrogen) atoms. The van der Waals surface area contributed by atoms with Gasteiger partial charge in [0.1, 0.15) is 6.04 Å². The molecule has 6 heteroatoms. The van der Waals surface area contributed by atoms with Crippen molar-refractivity contribution in [2.24, 2.45) is 5.92 Å². The van der Waals surface area contributed by atoms with Crippen LogP contribution in [0.3, 0.4) is 0 Å². The molecule has 0 aromatic heterocycles. The number of hydrogen-bond donors (Lipinski definition) is 1. The minimum absolute atomic E-state index is 0.242. The Morgan fingerprint density at radius 1 is 0.935 bits per heavy atom. The molecule has 0 fully saturated rings. The second kappa shape index (κ2) is 13.2. The molecule has 1 N–H and O–H groups in total. The maximum Gasteiger partial charge on any atom is 0.328 e. The molecule has 0 radical (unpaired) electrons. The van der Waals surface area contributed by atoms with Crippen LogP contribution in [0.1, 0.15) is 64.7 Å². The van der Waals surface area contributed by atoms with Gasteiger partial charge in [-0.3, -0.25) is 4.79 Å². The van der Waals surface area contributed by atoms with Crippen LogP contribution in [-0.2, 0) is 9.53 Å². The second-order valence-electron chi connectivity index (χ2n) is 9.57. The zero-order chi connectivity index (χ0) is 23.5. The normalized spacial score (nSPS) is 13.4. The average molecular weight is 466 g/mol. The quantitative estimate of drug-likeness (QED) is 0.322. The van der Waals surface area contributed by atoms with Crippen LogP contribution in [0.25, 0.3) is 0 Å². The van der Waals surface area contributed by atoms with Crippen molar-refractivity contribution in [3.8, 4) is 0 Å².